The largest absolute Gasteiger partial charge is 2.00 e. The van der Waals surface area contributed by atoms with E-state index in [0.717, 1.165) is 44.9 Å². The number of amides is 2. The quantitative estimate of drug-likeness (QED) is 0.408. The van der Waals surface area contributed by atoms with Gasteiger partial charge in [-0.05, 0) is 37.5 Å². The molecule has 2 atom stereocenters. The molecule has 0 aliphatic heterocycles. The van der Waals surface area contributed by atoms with Crippen LogP contribution in [0.3, 0.4) is 0 Å². The van der Waals surface area contributed by atoms with Crippen molar-refractivity contribution in [1.29, 1.82) is 0 Å². The van der Waals surface area contributed by atoms with E-state index < -0.39 is 0 Å². The third-order valence-corrected chi connectivity index (χ3v) is 4.10. The summed E-state index contributed by atoms with van der Waals surface area (Å²) >= 11 is 0. The summed E-state index contributed by atoms with van der Waals surface area (Å²) in [5.74, 6) is 0. The maximum absolute atomic E-state index is 10.7. The Balaban J connectivity index is -0.00000108. The Morgan fingerprint density at radius 1 is 0.952 bits per heavy atom. The van der Waals surface area contributed by atoms with Gasteiger partial charge in [0.1, 0.15) is 0 Å². The van der Waals surface area contributed by atoms with Crippen LogP contribution in [0, 0.1) is 20.3 Å². The standard InChI is InChI=1S/C14H26N2O2.2CH3.Ti/c1-3-5-14(6-4-2)8-12(15-10-17)7-13(9-14)16-11-18;;;/h10-13H,3-9H2,1-2H3,(H,15,17)(H,16,18);2*1H3;/q;2*-1;+2. The Morgan fingerprint density at radius 3 is 1.62 bits per heavy atom. The second kappa shape index (κ2) is 13.3. The molecule has 1 fully saturated rings. The molecule has 4 nitrogen and oxygen atoms in total. The van der Waals surface area contributed by atoms with E-state index in [1.807, 2.05) is 0 Å². The molecule has 0 aromatic carbocycles. The summed E-state index contributed by atoms with van der Waals surface area (Å²) in [5.41, 5.74) is 0.281. The first kappa shape index (κ1) is 25.6. The van der Waals surface area contributed by atoms with Crippen molar-refractivity contribution in [2.24, 2.45) is 5.41 Å². The van der Waals surface area contributed by atoms with Crippen LogP contribution in [0.5, 0.6) is 0 Å². The first-order valence-electron chi connectivity index (χ1n) is 7.09. The van der Waals surface area contributed by atoms with E-state index in [-0.39, 0.29) is 54.1 Å². The summed E-state index contributed by atoms with van der Waals surface area (Å²) in [6, 6.07) is 0.401. The van der Waals surface area contributed by atoms with E-state index >= 15 is 0 Å². The average molecular weight is 332 g/mol. The number of hydrogen-bond donors (Lipinski definition) is 2. The molecule has 1 aliphatic rings. The van der Waals surface area contributed by atoms with Gasteiger partial charge in [0, 0.05) is 12.1 Å². The Kier molecular flexibility index (Phi) is 16.2. The van der Waals surface area contributed by atoms with Crippen molar-refractivity contribution < 1.29 is 31.3 Å². The molecule has 1 saturated carbocycles. The van der Waals surface area contributed by atoms with Crippen LogP contribution < -0.4 is 10.6 Å². The van der Waals surface area contributed by atoms with Gasteiger partial charge in [-0.2, -0.15) is 0 Å². The minimum absolute atomic E-state index is 0. The van der Waals surface area contributed by atoms with E-state index in [2.05, 4.69) is 24.5 Å². The van der Waals surface area contributed by atoms with E-state index in [0.29, 0.717) is 0 Å². The number of rotatable bonds is 8. The number of carbonyl (C=O) groups is 2. The molecular formula is C16H32N2O2Ti. The van der Waals surface area contributed by atoms with Crippen molar-refractivity contribution in [2.75, 3.05) is 0 Å². The van der Waals surface area contributed by atoms with Gasteiger partial charge in [-0.1, -0.05) is 26.7 Å². The van der Waals surface area contributed by atoms with Crippen LogP contribution in [0.25, 0.3) is 0 Å². The Hall–Kier alpha value is -0.346. The van der Waals surface area contributed by atoms with Gasteiger partial charge in [0.15, 0.2) is 0 Å². The van der Waals surface area contributed by atoms with Crippen molar-refractivity contribution in [3.63, 3.8) is 0 Å². The van der Waals surface area contributed by atoms with Gasteiger partial charge >= 0.3 is 21.7 Å². The summed E-state index contributed by atoms with van der Waals surface area (Å²) in [7, 11) is 0. The smallest absolute Gasteiger partial charge is 0.358 e. The fourth-order valence-electron chi connectivity index (χ4n) is 3.68. The predicted molar refractivity (Wildman–Crippen MR) is 84.9 cm³/mol. The van der Waals surface area contributed by atoms with Crippen LogP contribution in [-0.2, 0) is 31.3 Å². The van der Waals surface area contributed by atoms with Crippen molar-refractivity contribution in [2.45, 2.75) is 70.9 Å². The maximum atomic E-state index is 10.7. The fraction of sp³-hybridized carbons (Fsp3) is 0.750. The fourth-order valence-corrected chi connectivity index (χ4v) is 3.68. The summed E-state index contributed by atoms with van der Waals surface area (Å²) < 4.78 is 0. The summed E-state index contributed by atoms with van der Waals surface area (Å²) in [5, 5.41) is 5.82. The molecule has 0 heterocycles. The van der Waals surface area contributed by atoms with E-state index in [1.54, 1.807) is 0 Å². The molecule has 0 radical (unpaired) electrons. The van der Waals surface area contributed by atoms with E-state index in [1.165, 1.54) is 12.8 Å². The molecule has 1 aliphatic carbocycles. The number of nitrogens with one attached hydrogen (secondary N) is 2. The van der Waals surface area contributed by atoms with Gasteiger partial charge < -0.3 is 25.5 Å². The first-order chi connectivity index (χ1) is 8.69. The molecule has 21 heavy (non-hydrogen) atoms. The molecule has 5 heteroatoms. The van der Waals surface area contributed by atoms with Gasteiger partial charge in [-0.3, -0.25) is 9.59 Å². The van der Waals surface area contributed by atoms with Crippen LogP contribution in [0.1, 0.15) is 58.8 Å². The van der Waals surface area contributed by atoms with Crippen LogP contribution in [-0.4, -0.2) is 24.9 Å². The first-order valence-corrected chi connectivity index (χ1v) is 7.09. The Bertz CT molecular complexity index is 249. The maximum Gasteiger partial charge on any atom is 2.00 e. The van der Waals surface area contributed by atoms with Crippen molar-refractivity contribution in [3.8, 4) is 0 Å². The zero-order valence-electron chi connectivity index (χ0n) is 14.1. The average Bonchev–Trinajstić information content (AvgIpc) is 2.30. The second-order valence-electron chi connectivity index (χ2n) is 5.61. The molecule has 0 saturated heterocycles. The molecule has 0 bridgehead atoms. The normalized spacial score (nSPS) is 22.6. The third-order valence-electron chi connectivity index (χ3n) is 4.10. The third kappa shape index (κ3) is 8.01. The van der Waals surface area contributed by atoms with Gasteiger partial charge in [0.05, 0.1) is 0 Å². The summed E-state index contributed by atoms with van der Waals surface area (Å²) in [6.07, 6.45) is 9.18. The minimum atomic E-state index is 0. The van der Waals surface area contributed by atoms with Crippen molar-refractivity contribution in [3.05, 3.63) is 14.9 Å². The monoisotopic (exact) mass is 332 g/mol. The van der Waals surface area contributed by atoms with Gasteiger partial charge in [0.25, 0.3) is 0 Å². The molecule has 1 rings (SSSR count). The van der Waals surface area contributed by atoms with E-state index in [9.17, 15) is 9.59 Å². The Morgan fingerprint density at radius 2 is 1.33 bits per heavy atom. The molecule has 0 spiro atoms. The molecular weight excluding hydrogens is 300 g/mol. The number of carbonyl (C=O) groups excluding carboxylic acids is 2. The van der Waals surface area contributed by atoms with Gasteiger partial charge in [0.2, 0.25) is 12.8 Å². The molecule has 2 amide bonds. The van der Waals surface area contributed by atoms with Gasteiger partial charge in [-0.25, -0.2) is 0 Å². The predicted octanol–water partition coefficient (Wildman–Crippen LogP) is 2.88. The van der Waals surface area contributed by atoms with Crippen molar-refractivity contribution in [1.82, 2.24) is 10.6 Å². The summed E-state index contributed by atoms with van der Waals surface area (Å²) in [6.45, 7) is 4.41. The SMILES string of the molecule is CCCC1(CCC)CC(NC=O)CC(NC=O)C1.[CH3-].[CH3-].[Ti+2]. The van der Waals surface area contributed by atoms with E-state index in [4.69, 9.17) is 0 Å². The molecule has 122 valence electrons. The van der Waals surface area contributed by atoms with Crippen LogP contribution >= 0.6 is 0 Å². The molecule has 0 aromatic rings. The minimum Gasteiger partial charge on any atom is -0.358 e. The zero-order valence-corrected chi connectivity index (χ0v) is 15.6. The molecule has 2 N–H and O–H groups in total. The second-order valence-corrected chi connectivity index (χ2v) is 5.61. The van der Waals surface area contributed by atoms with Crippen LogP contribution in [0.15, 0.2) is 0 Å². The zero-order chi connectivity index (χ0) is 13.4. The number of hydrogen-bond acceptors (Lipinski definition) is 2. The molecule has 0 aromatic heterocycles. The van der Waals surface area contributed by atoms with Crippen LogP contribution in [0.4, 0.5) is 0 Å². The molecule has 2 unspecified atom stereocenters. The van der Waals surface area contributed by atoms with Crippen molar-refractivity contribution >= 4 is 12.8 Å². The van der Waals surface area contributed by atoms with Gasteiger partial charge in [-0.15, -0.1) is 0 Å². The Labute approximate surface area is 146 Å². The van der Waals surface area contributed by atoms with Crippen LogP contribution in [0.2, 0.25) is 0 Å². The topological polar surface area (TPSA) is 58.2 Å². The summed E-state index contributed by atoms with van der Waals surface area (Å²) in [4.78, 5) is 21.3.